The topological polar surface area (TPSA) is 108 Å². The van der Waals surface area contributed by atoms with Crippen LogP contribution in [0, 0.1) is 0 Å². The smallest absolute Gasteiger partial charge is 0.277 e. The predicted octanol–water partition coefficient (Wildman–Crippen LogP) is 0.738. The first kappa shape index (κ1) is 17.8. The van der Waals surface area contributed by atoms with Gasteiger partial charge in [0.05, 0.1) is 17.6 Å². The third-order valence-electron chi connectivity index (χ3n) is 4.63. The zero-order valence-corrected chi connectivity index (χ0v) is 15.5. The van der Waals surface area contributed by atoms with E-state index in [9.17, 15) is 13.2 Å². The van der Waals surface area contributed by atoms with Gasteiger partial charge in [-0.3, -0.25) is 9.78 Å². The minimum atomic E-state index is -3.15. The second-order valence-corrected chi connectivity index (χ2v) is 8.78. The number of anilines is 2. The lowest BCUT2D eigenvalue weighted by molar-refractivity contribution is 0.102. The molecular weight excluding hydrogens is 368 g/mol. The molecule has 0 bridgehead atoms. The highest BCUT2D eigenvalue weighted by atomic mass is 32.2. The third kappa shape index (κ3) is 3.91. The molecule has 0 radical (unpaired) electrons. The molecule has 2 aromatic heterocycles. The lowest BCUT2D eigenvalue weighted by Crippen LogP contribution is -2.49. The Balaban J connectivity index is 1.41. The summed E-state index contributed by atoms with van der Waals surface area (Å²) in [6.45, 7) is 1.88. The number of nitrogens with zero attached hydrogens (tertiary/aromatic N) is 5. The van der Waals surface area contributed by atoms with Gasteiger partial charge >= 0.3 is 0 Å². The van der Waals surface area contributed by atoms with Gasteiger partial charge in [-0.05, 0) is 25.0 Å². The monoisotopic (exact) mass is 388 g/mol. The van der Waals surface area contributed by atoms with Crippen molar-refractivity contribution >= 4 is 27.6 Å². The van der Waals surface area contributed by atoms with Gasteiger partial charge < -0.3 is 10.2 Å². The molecule has 0 aromatic carbocycles. The first-order valence-electron chi connectivity index (χ1n) is 8.82. The molecule has 9 nitrogen and oxygen atoms in total. The molecule has 4 rings (SSSR count). The summed E-state index contributed by atoms with van der Waals surface area (Å²) in [5, 5.41) is 2.48. The van der Waals surface area contributed by atoms with Crippen LogP contribution in [0.1, 0.15) is 23.3 Å². The second kappa shape index (κ2) is 7.20. The average Bonchev–Trinajstić information content (AvgIpc) is 3.55. The predicted molar refractivity (Wildman–Crippen MR) is 100.0 cm³/mol. The van der Waals surface area contributed by atoms with E-state index in [4.69, 9.17) is 0 Å². The van der Waals surface area contributed by atoms with E-state index in [1.807, 2.05) is 4.90 Å². The van der Waals surface area contributed by atoms with E-state index in [0.29, 0.717) is 37.8 Å². The van der Waals surface area contributed by atoms with Crippen molar-refractivity contribution in [2.45, 2.75) is 18.1 Å². The van der Waals surface area contributed by atoms with Crippen LogP contribution in [0.4, 0.5) is 11.6 Å². The highest BCUT2D eigenvalue weighted by Crippen LogP contribution is 2.31. The molecule has 2 aliphatic rings. The molecule has 3 heterocycles. The molecule has 0 atom stereocenters. The first-order chi connectivity index (χ1) is 13.0. The maximum Gasteiger partial charge on any atom is 0.277 e. The number of carbonyl (C=O) groups excluding carboxylic acids is 1. The molecule has 1 N–H and O–H groups in total. The standard InChI is InChI=1S/C17H20N6O3S/c24-17(21-15-3-1-2-6-19-15)14-11-18-12-16(20-14)22-7-9-23(10-8-22)27(25,26)13-4-5-13/h1-3,6,11-13H,4-5,7-10H2,(H,19,21,24). The van der Waals surface area contributed by atoms with Gasteiger partial charge in [0, 0.05) is 32.4 Å². The molecule has 142 valence electrons. The van der Waals surface area contributed by atoms with Crippen LogP contribution in [0.15, 0.2) is 36.8 Å². The van der Waals surface area contributed by atoms with Crippen LogP contribution >= 0.6 is 0 Å². The van der Waals surface area contributed by atoms with Crippen LogP contribution in [0.3, 0.4) is 0 Å². The molecule has 10 heteroatoms. The normalized spacial score (nSPS) is 18.3. The number of amides is 1. The lowest BCUT2D eigenvalue weighted by Gasteiger charge is -2.34. The van der Waals surface area contributed by atoms with Gasteiger partial charge in [-0.15, -0.1) is 0 Å². The number of rotatable bonds is 5. The Morgan fingerprint density at radius 1 is 1.11 bits per heavy atom. The van der Waals surface area contributed by atoms with Crippen molar-refractivity contribution in [1.29, 1.82) is 0 Å². The molecule has 0 unspecified atom stereocenters. The van der Waals surface area contributed by atoms with Gasteiger partial charge in [0.25, 0.3) is 5.91 Å². The Bertz CT molecular complexity index is 925. The minimum absolute atomic E-state index is 0.186. The molecule has 1 saturated carbocycles. The first-order valence-corrected chi connectivity index (χ1v) is 10.3. The van der Waals surface area contributed by atoms with Crippen molar-refractivity contribution in [2.24, 2.45) is 0 Å². The summed E-state index contributed by atoms with van der Waals surface area (Å²) in [5.74, 6) is 0.610. The number of pyridine rings is 1. The number of sulfonamides is 1. The van der Waals surface area contributed by atoms with Crippen LogP contribution in [-0.2, 0) is 10.0 Å². The van der Waals surface area contributed by atoms with Crippen molar-refractivity contribution in [3.8, 4) is 0 Å². The molecule has 27 heavy (non-hydrogen) atoms. The van der Waals surface area contributed by atoms with Gasteiger partial charge in [0.15, 0.2) is 0 Å². The third-order valence-corrected chi connectivity index (χ3v) is 7.03. The zero-order valence-electron chi connectivity index (χ0n) is 14.7. The molecule has 1 saturated heterocycles. The maximum absolute atomic E-state index is 12.4. The van der Waals surface area contributed by atoms with Gasteiger partial charge in [-0.2, -0.15) is 4.31 Å². The Morgan fingerprint density at radius 3 is 2.56 bits per heavy atom. The Kier molecular flexibility index (Phi) is 4.75. The molecule has 1 aliphatic heterocycles. The van der Waals surface area contributed by atoms with Gasteiger partial charge in [-0.1, -0.05) is 6.07 Å². The fourth-order valence-corrected chi connectivity index (χ4v) is 4.81. The van der Waals surface area contributed by atoms with E-state index in [1.165, 1.54) is 6.20 Å². The Morgan fingerprint density at radius 2 is 1.89 bits per heavy atom. The number of aromatic nitrogens is 3. The molecule has 0 spiro atoms. The fourth-order valence-electron chi connectivity index (χ4n) is 2.98. The van der Waals surface area contributed by atoms with E-state index in [1.54, 1.807) is 34.9 Å². The lowest BCUT2D eigenvalue weighted by atomic mass is 10.3. The Labute approximate surface area is 157 Å². The largest absolute Gasteiger partial charge is 0.353 e. The van der Waals surface area contributed by atoms with Gasteiger partial charge in [0.2, 0.25) is 10.0 Å². The molecular formula is C17H20N6O3S. The summed E-state index contributed by atoms with van der Waals surface area (Å²) in [5.41, 5.74) is 0.186. The van der Waals surface area contributed by atoms with Crippen molar-refractivity contribution in [3.05, 3.63) is 42.5 Å². The van der Waals surface area contributed by atoms with Crippen LogP contribution in [0.2, 0.25) is 0 Å². The Hall–Kier alpha value is -2.59. The summed E-state index contributed by atoms with van der Waals surface area (Å²) in [7, 11) is -3.15. The van der Waals surface area contributed by atoms with Gasteiger partial charge in [0.1, 0.15) is 17.3 Å². The fraction of sp³-hybridized carbons (Fsp3) is 0.412. The quantitative estimate of drug-likeness (QED) is 0.805. The highest BCUT2D eigenvalue weighted by molar-refractivity contribution is 7.90. The van der Waals surface area contributed by atoms with Crippen molar-refractivity contribution < 1.29 is 13.2 Å². The van der Waals surface area contributed by atoms with E-state index < -0.39 is 15.9 Å². The maximum atomic E-state index is 12.4. The van der Waals surface area contributed by atoms with Gasteiger partial charge in [-0.25, -0.2) is 18.4 Å². The molecule has 1 aliphatic carbocycles. The number of hydrogen-bond donors (Lipinski definition) is 1. The number of hydrogen-bond acceptors (Lipinski definition) is 7. The summed E-state index contributed by atoms with van der Waals surface area (Å²) in [4.78, 5) is 26.9. The second-order valence-electron chi connectivity index (χ2n) is 6.56. The van der Waals surface area contributed by atoms with Crippen molar-refractivity contribution in [2.75, 3.05) is 36.4 Å². The van der Waals surface area contributed by atoms with Crippen LogP contribution < -0.4 is 10.2 Å². The zero-order chi connectivity index (χ0) is 18.9. The van der Waals surface area contributed by atoms with E-state index in [0.717, 1.165) is 12.8 Å². The van der Waals surface area contributed by atoms with Crippen LogP contribution in [0.5, 0.6) is 0 Å². The van der Waals surface area contributed by atoms with E-state index in [2.05, 4.69) is 20.3 Å². The molecule has 2 aromatic rings. The number of carbonyl (C=O) groups is 1. The molecule has 1 amide bonds. The number of piperazine rings is 1. The summed E-state index contributed by atoms with van der Waals surface area (Å²) < 4.78 is 26.2. The minimum Gasteiger partial charge on any atom is -0.353 e. The van der Waals surface area contributed by atoms with E-state index in [-0.39, 0.29) is 10.9 Å². The summed E-state index contributed by atoms with van der Waals surface area (Å²) in [6.07, 6.45) is 6.11. The highest BCUT2D eigenvalue weighted by Gasteiger charge is 2.41. The number of nitrogens with one attached hydrogen (secondary N) is 1. The van der Waals surface area contributed by atoms with Crippen LogP contribution in [-0.4, -0.2) is 65.0 Å². The average molecular weight is 388 g/mol. The SMILES string of the molecule is O=C(Nc1ccccn1)c1cncc(N2CCN(S(=O)(=O)C3CC3)CC2)n1. The van der Waals surface area contributed by atoms with E-state index >= 15 is 0 Å². The van der Waals surface area contributed by atoms with Crippen molar-refractivity contribution in [1.82, 2.24) is 19.3 Å². The van der Waals surface area contributed by atoms with Crippen molar-refractivity contribution in [3.63, 3.8) is 0 Å². The van der Waals surface area contributed by atoms with Crippen LogP contribution in [0.25, 0.3) is 0 Å². The molecule has 2 fully saturated rings. The summed E-state index contributed by atoms with van der Waals surface area (Å²) in [6, 6.07) is 5.23. The summed E-state index contributed by atoms with van der Waals surface area (Å²) >= 11 is 0.